The summed E-state index contributed by atoms with van der Waals surface area (Å²) in [4.78, 5) is 24.2. The third kappa shape index (κ3) is 8.33. The smallest absolute Gasteiger partial charge is 0.276 e. The lowest BCUT2D eigenvalue weighted by molar-refractivity contribution is -0.123. The Bertz CT molecular complexity index is 960. The third-order valence-corrected chi connectivity index (χ3v) is 4.84. The van der Waals surface area contributed by atoms with E-state index in [1.807, 2.05) is 6.92 Å². The quantitative estimate of drug-likeness (QED) is 0.274. The monoisotopic (exact) mass is 529 g/mol. The summed E-state index contributed by atoms with van der Waals surface area (Å²) in [6.45, 7) is 2.41. The number of thiocarbonyl (C=S) groups is 1. The predicted octanol–water partition coefficient (Wildman–Crippen LogP) is 3.15. The SMILES string of the molecule is COCCOc1ccc(C(=O)NC(=S)NNC(=O)COc2ccc(Cl)cc2C)cc1Br. The Morgan fingerprint density at radius 1 is 1.06 bits per heavy atom. The summed E-state index contributed by atoms with van der Waals surface area (Å²) in [6.07, 6.45) is 0. The first kappa shape index (κ1) is 24.9. The highest BCUT2D eigenvalue weighted by atomic mass is 79.9. The van der Waals surface area contributed by atoms with Gasteiger partial charge >= 0.3 is 0 Å². The second-order valence-electron chi connectivity index (χ2n) is 6.14. The Balaban J connectivity index is 1.77. The van der Waals surface area contributed by atoms with E-state index in [1.165, 1.54) is 0 Å². The Hall–Kier alpha value is -2.40. The molecule has 8 nitrogen and oxygen atoms in total. The number of amides is 2. The maximum atomic E-state index is 12.3. The first-order valence-electron chi connectivity index (χ1n) is 9.00. The van der Waals surface area contributed by atoms with Crippen LogP contribution < -0.4 is 25.6 Å². The van der Waals surface area contributed by atoms with Gasteiger partial charge in [-0.3, -0.25) is 25.8 Å². The molecular weight excluding hydrogens is 510 g/mol. The summed E-state index contributed by atoms with van der Waals surface area (Å²) in [7, 11) is 1.58. The van der Waals surface area contributed by atoms with Gasteiger partial charge in [-0.15, -0.1) is 0 Å². The molecule has 0 spiro atoms. The predicted molar refractivity (Wildman–Crippen MR) is 125 cm³/mol. The molecule has 2 aromatic rings. The number of aryl methyl sites for hydroxylation is 1. The number of methoxy groups -OCH3 is 1. The van der Waals surface area contributed by atoms with Crippen molar-refractivity contribution >= 4 is 56.7 Å². The van der Waals surface area contributed by atoms with Crippen LogP contribution in [0.4, 0.5) is 0 Å². The zero-order valence-electron chi connectivity index (χ0n) is 16.8. The number of benzene rings is 2. The van der Waals surface area contributed by atoms with Crippen LogP contribution in [0.2, 0.25) is 5.02 Å². The van der Waals surface area contributed by atoms with Gasteiger partial charge in [0.2, 0.25) is 0 Å². The molecule has 0 bridgehead atoms. The highest BCUT2D eigenvalue weighted by Crippen LogP contribution is 2.26. The number of carbonyl (C=O) groups excluding carboxylic acids is 2. The number of hydrazine groups is 1. The van der Waals surface area contributed by atoms with Crippen molar-refractivity contribution in [3.05, 3.63) is 57.0 Å². The number of halogens is 2. The van der Waals surface area contributed by atoms with Gasteiger partial charge in [-0.1, -0.05) is 11.6 Å². The first-order chi connectivity index (χ1) is 14.8. The number of nitrogens with one attached hydrogen (secondary N) is 3. The molecule has 31 heavy (non-hydrogen) atoms. The van der Waals surface area contributed by atoms with E-state index in [-0.39, 0.29) is 11.7 Å². The molecule has 2 aromatic carbocycles. The van der Waals surface area contributed by atoms with Gasteiger partial charge in [-0.25, -0.2) is 0 Å². The van der Waals surface area contributed by atoms with Crippen molar-refractivity contribution in [1.82, 2.24) is 16.2 Å². The van der Waals surface area contributed by atoms with Crippen molar-refractivity contribution < 1.29 is 23.8 Å². The second-order valence-corrected chi connectivity index (χ2v) is 7.84. The molecule has 0 aliphatic heterocycles. The molecule has 11 heteroatoms. The van der Waals surface area contributed by atoms with Gasteiger partial charge in [-0.05, 0) is 77.0 Å². The van der Waals surface area contributed by atoms with Crippen molar-refractivity contribution in [2.45, 2.75) is 6.92 Å². The number of ether oxygens (including phenoxy) is 3. The minimum atomic E-state index is -0.480. The second kappa shape index (κ2) is 12.5. The maximum Gasteiger partial charge on any atom is 0.276 e. The molecule has 0 unspecified atom stereocenters. The normalized spacial score (nSPS) is 10.2. The van der Waals surface area contributed by atoms with Gasteiger partial charge in [-0.2, -0.15) is 0 Å². The highest BCUT2D eigenvalue weighted by molar-refractivity contribution is 9.10. The molecule has 0 aromatic heterocycles. The number of hydrogen-bond donors (Lipinski definition) is 3. The van der Waals surface area contributed by atoms with Crippen molar-refractivity contribution in [3.63, 3.8) is 0 Å². The zero-order chi connectivity index (χ0) is 22.8. The number of rotatable bonds is 8. The standard InChI is InChI=1S/C20H21BrClN3O5S/c1-12-9-14(22)4-6-16(12)30-11-18(26)24-25-20(31)23-19(27)13-3-5-17(15(21)10-13)29-8-7-28-2/h3-6,9-10H,7-8,11H2,1-2H3,(H,24,26)(H2,23,25,27,31). The summed E-state index contributed by atoms with van der Waals surface area (Å²) in [6, 6.07) is 9.92. The van der Waals surface area contributed by atoms with Gasteiger partial charge < -0.3 is 14.2 Å². The van der Waals surface area contributed by atoms with Crippen molar-refractivity contribution in [1.29, 1.82) is 0 Å². The molecule has 0 fully saturated rings. The molecule has 0 heterocycles. The van der Waals surface area contributed by atoms with Gasteiger partial charge in [0.05, 0.1) is 11.1 Å². The maximum absolute atomic E-state index is 12.3. The molecule has 2 amide bonds. The average molecular weight is 531 g/mol. The van der Waals surface area contributed by atoms with Crippen LogP contribution in [0, 0.1) is 6.92 Å². The molecule has 166 valence electrons. The summed E-state index contributed by atoms with van der Waals surface area (Å²) < 4.78 is 16.5. The van der Waals surface area contributed by atoms with Gasteiger partial charge in [0.25, 0.3) is 11.8 Å². The number of carbonyl (C=O) groups is 2. The summed E-state index contributed by atoms with van der Waals surface area (Å²) >= 11 is 14.3. The van der Waals surface area contributed by atoms with E-state index in [0.29, 0.717) is 39.8 Å². The van der Waals surface area contributed by atoms with E-state index in [0.717, 1.165) is 5.56 Å². The molecule has 0 atom stereocenters. The highest BCUT2D eigenvalue weighted by Gasteiger charge is 2.12. The van der Waals surface area contributed by atoms with E-state index >= 15 is 0 Å². The summed E-state index contributed by atoms with van der Waals surface area (Å²) in [5, 5.41) is 2.98. The first-order valence-corrected chi connectivity index (χ1v) is 10.6. The van der Waals surface area contributed by atoms with Crippen molar-refractivity contribution in [2.75, 3.05) is 26.9 Å². The Morgan fingerprint density at radius 3 is 2.48 bits per heavy atom. The number of hydrogen-bond acceptors (Lipinski definition) is 6. The molecule has 2 rings (SSSR count). The Kier molecular flexibility index (Phi) is 9.99. The van der Waals surface area contributed by atoms with Crippen LogP contribution in [0.25, 0.3) is 0 Å². The van der Waals surface area contributed by atoms with Crippen LogP contribution in [-0.4, -0.2) is 43.9 Å². The van der Waals surface area contributed by atoms with Crippen LogP contribution in [0.15, 0.2) is 40.9 Å². The van der Waals surface area contributed by atoms with E-state index in [1.54, 1.807) is 43.5 Å². The van der Waals surface area contributed by atoms with Crippen molar-refractivity contribution in [2.24, 2.45) is 0 Å². The lowest BCUT2D eigenvalue weighted by Crippen LogP contribution is -2.49. The Morgan fingerprint density at radius 2 is 1.81 bits per heavy atom. The van der Waals surface area contributed by atoms with Gasteiger partial charge in [0.1, 0.15) is 18.1 Å². The third-order valence-electron chi connectivity index (χ3n) is 3.78. The summed E-state index contributed by atoms with van der Waals surface area (Å²) in [5.41, 5.74) is 5.96. The van der Waals surface area contributed by atoms with Crippen LogP contribution in [0.3, 0.4) is 0 Å². The van der Waals surface area contributed by atoms with Crippen LogP contribution in [0.5, 0.6) is 11.5 Å². The van der Waals surface area contributed by atoms with Crippen LogP contribution in [0.1, 0.15) is 15.9 Å². The van der Waals surface area contributed by atoms with E-state index in [2.05, 4.69) is 32.1 Å². The van der Waals surface area contributed by atoms with Crippen LogP contribution >= 0.6 is 39.7 Å². The van der Waals surface area contributed by atoms with Gasteiger partial charge in [0, 0.05) is 17.7 Å². The molecule has 0 aliphatic rings. The topological polar surface area (TPSA) is 97.9 Å². The lowest BCUT2D eigenvalue weighted by atomic mass is 10.2. The van der Waals surface area contributed by atoms with Gasteiger partial charge in [0.15, 0.2) is 11.7 Å². The molecular formula is C20H21BrClN3O5S. The minimum Gasteiger partial charge on any atom is -0.490 e. The zero-order valence-corrected chi connectivity index (χ0v) is 19.9. The molecule has 0 saturated carbocycles. The van der Waals surface area contributed by atoms with E-state index < -0.39 is 11.8 Å². The molecule has 0 aliphatic carbocycles. The molecule has 0 radical (unpaired) electrons. The fraction of sp³-hybridized carbons (Fsp3) is 0.250. The average Bonchev–Trinajstić information content (AvgIpc) is 2.72. The molecule has 0 saturated heterocycles. The van der Waals surface area contributed by atoms with E-state index in [9.17, 15) is 9.59 Å². The fourth-order valence-corrected chi connectivity index (χ4v) is 3.14. The fourth-order valence-electron chi connectivity index (χ4n) is 2.28. The summed E-state index contributed by atoms with van der Waals surface area (Å²) in [5.74, 6) is 0.184. The largest absolute Gasteiger partial charge is 0.490 e. The van der Waals surface area contributed by atoms with E-state index in [4.69, 9.17) is 38.0 Å². The van der Waals surface area contributed by atoms with Crippen molar-refractivity contribution in [3.8, 4) is 11.5 Å². The lowest BCUT2D eigenvalue weighted by Gasteiger charge is -2.13. The van der Waals surface area contributed by atoms with Crippen LogP contribution in [-0.2, 0) is 9.53 Å². The molecule has 3 N–H and O–H groups in total. The minimum absolute atomic E-state index is 0.0717. The Labute approximate surface area is 198 Å².